The van der Waals surface area contributed by atoms with Gasteiger partial charge < -0.3 is 16.4 Å². The van der Waals surface area contributed by atoms with E-state index in [1.807, 2.05) is 13.8 Å². The number of rotatable bonds is 6. The molecular weight excluding hydrogens is 230 g/mol. The van der Waals surface area contributed by atoms with Crippen molar-refractivity contribution in [3.05, 3.63) is 0 Å². The Balaban J connectivity index is 4.67. The number of nitrogens with two attached hydrogens (primary N) is 2. The average molecular weight is 247 g/mol. The Kier molecular flexibility index (Phi) is 5.87. The summed E-state index contributed by atoms with van der Waals surface area (Å²) in [5.74, 6) is -1.83. The van der Waals surface area contributed by atoms with Gasteiger partial charge in [-0.15, -0.1) is 0 Å². The van der Waals surface area contributed by atoms with Gasteiger partial charge in [0, 0.05) is 0 Å². The standard InChI is InChI=1S/C9H17N3O3S/c1-5(2)8(16)9(15)12(3-6(10)13)4-7(11)14/h5,8,16H,3-4H2,1-2H3,(H2,10,13)(H2,11,14). The minimum absolute atomic E-state index is 0.0147. The molecule has 3 amide bonds. The Morgan fingerprint density at radius 1 is 1.12 bits per heavy atom. The van der Waals surface area contributed by atoms with E-state index in [0.29, 0.717) is 0 Å². The molecule has 1 unspecified atom stereocenters. The summed E-state index contributed by atoms with van der Waals surface area (Å²) >= 11 is 4.11. The Labute approximate surface area is 99.7 Å². The van der Waals surface area contributed by atoms with Gasteiger partial charge in [-0.3, -0.25) is 14.4 Å². The molecule has 0 saturated heterocycles. The van der Waals surface area contributed by atoms with E-state index in [4.69, 9.17) is 11.5 Å². The number of hydrogen-bond acceptors (Lipinski definition) is 4. The first-order valence-electron chi connectivity index (χ1n) is 4.79. The zero-order valence-corrected chi connectivity index (χ0v) is 10.2. The van der Waals surface area contributed by atoms with Crippen LogP contribution in [-0.2, 0) is 14.4 Å². The van der Waals surface area contributed by atoms with Gasteiger partial charge in [0.05, 0.1) is 18.3 Å². The molecule has 16 heavy (non-hydrogen) atoms. The van der Waals surface area contributed by atoms with Crippen LogP contribution in [0.4, 0.5) is 0 Å². The van der Waals surface area contributed by atoms with Gasteiger partial charge in [-0.05, 0) is 5.92 Å². The minimum atomic E-state index is -0.695. The Morgan fingerprint density at radius 2 is 1.50 bits per heavy atom. The molecule has 7 heteroatoms. The summed E-state index contributed by atoms with van der Waals surface area (Å²) in [5, 5.41) is -0.585. The number of carbonyl (C=O) groups is 3. The van der Waals surface area contributed by atoms with Gasteiger partial charge in [0.2, 0.25) is 17.7 Å². The highest BCUT2D eigenvalue weighted by molar-refractivity contribution is 7.81. The molecule has 0 bridgehead atoms. The molecule has 0 aromatic heterocycles. The van der Waals surface area contributed by atoms with Crippen molar-refractivity contribution in [3.8, 4) is 0 Å². The molecule has 0 aliphatic heterocycles. The Hall–Kier alpha value is -1.24. The number of carbonyl (C=O) groups excluding carboxylic acids is 3. The van der Waals surface area contributed by atoms with E-state index in [2.05, 4.69) is 12.6 Å². The summed E-state index contributed by atoms with van der Waals surface area (Å²) in [6.45, 7) is 2.96. The third-order valence-corrected chi connectivity index (χ3v) is 2.71. The van der Waals surface area contributed by atoms with Crippen molar-refractivity contribution in [3.63, 3.8) is 0 Å². The van der Waals surface area contributed by atoms with E-state index < -0.39 is 23.0 Å². The predicted octanol–water partition coefficient (Wildman–Crippen LogP) is -1.26. The minimum Gasteiger partial charge on any atom is -0.368 e. The largest absolute Gasteiger partial charge is 0.368 e. The second-order valence-electron chi connectivity index (χ2n) is 3.82. The van der Waals surface area contributed by atoms with Crippen LogP contribution >= 0.6 is 12.6 Å². The first kappa shape index (κ1) is 14.8. The van der Waals surface area contributed by atoms with Crippen LogP contribution < -0.4 is 11.5 Å². The SMILES string of the molecule is CC(C)C(S)C(=O)N(CC(N)=O)CC(N)=O. The molecule has 0 radical (unpaired) electrons. The lowest BCUT2D eigenvalue weighted by atomic mass is 10.1. The first-order valence-corrected chi connectivity index (χ1v) is 5.30. The number of amides is 3. The maximum atomic E-state index is 11.8. The Bertz CT molecular complexity index is 278. The molecule has 6 nitrogen and oxygen atoms in total. The molecule has 0 aliphatic carbocycles. The van der Waals surface area contributed by atoms with E-state index in [1.54, 1.807) is 0 Å². The number of hydrogen-bond donors (Lipinski definition) is 3. The van der Waals surface area contributed by atoms with Crippen LogP contribution in [0, 0.1) is 5.92 Å². The van der Waals surface area contributed by atoms with Crippen LogP contribution in [0.1, 0.15) is 13.8 Å². The van der Waals surface area contributed by atoms with Crippen LogP contribution in [0.3, 0.4) is 0 Å². The van der Waals surface area contributed by atoms with Crippen LogP contribution in [0.25, 0.3) is 0 Å². The summed E-state index contributed by atoms with van der Waals surface area (Å²) < 4.78 is 0. The summed E-state index contributed by atoms with van der Waals surface area (Å²) in [5.41, 5.74) is 9.95. The van der Waals surface area contributed by atoms with Crippen molar-refractivity contribution in [2.45, 2.75) is 19.1 Å². The van der Waals surface area contributed by atoms with E-state index in [9.17, 15) is 14.4 Å². The smallest absolute Gasteiger partial charge is 0.237 e. The number of primary amides is 2. The van der Waals surface area contributed by atoms with Gasteiger partial charge in [0.1, 0.15) is 0 Å². The molecular formula is C9H17N3O3S. The summed E-state index contributed by atoms with van der Waals surface area (Å²) in [6.07, 6.45) is 0. The molecule has 0 aliphatic rings. The maximum absolute atomic E-state index is 11.8. The summed E-state index contributed by atoms with van der Waals surface area (Å²) in [6, 6.07) is 0. The third-order valence-electron chi connectivity index (χ3n) is 1.89. The van der Waals surface area contributed by atoms with Crippen molar-refractivity contribution >= 4 is 30.4 Å². The fourth-order valence-electron chi connectivity index (χ4n) is 1.06. The predicted molar refractivity (Wildman–Crippen MR) is 62.6 cm³/mol. The first-order chi connectivity index (χ1) is 7.25. The number of nitrogens with zero attached hydrogens (tertiary/aromatic N) is 1. The van der Waals surface area contributed by atoms with Crippen molar-refractivity contribution in [2.24, 2.45) is 17.4 Å². The van der Waals surface area contributed by atoms with E-state index in [1.165, 1.54) is 0 Å². The molecule has 1 atom stereocenters. The molecule has 0 rings (SSSR count). The van der Waals surface area contributed by atoms with Gasteiger partial charge >= 0.3 is 0 Å². The lowest BCUT2D eigenvalue weighted by Gasteiger charge is -2.24. The zero-order valence-electron chi connectivity index (χ0n) is 9.34. The van der Waals surface area contributed by atoms with E-state index >= 15 is 0 Å². The Morgan fingerprint density at radius 3 is 1.75 bits per heavy atom. The van der Waals surface area contributed by atoms with Crippen molar-refractivity contribution in [1.29, 1.82) is 0 Å². The van der Waals surface area contributed by atoms with Crippen molar-refractivity contribution in [1.82, 2.24) is 4.90 Å². The van der Waals surface area contributed by atoms with Gasteiger partial charge in [-0.1, -0.05) is 13.8 Å². The topological polar surface area (TPSA) is 106 Å². The lowest BCUT2D eigenvalue weighted by molar-refractivity contribution is -0.138. The highest BCUT2D eigenvalue weighted by Gasteiger charge is 2.25. The van der Waals surface area contributed by atoms with Crippen molar-refractivity contribution < 1.29 is 14.4 Å². The maximum Gasteiger partial charge on any atom is 0.237 e. The highest BCUT2D eigenvalue weighted by Crippen LogP contribution is 2.12. The monoisotopic (exact) mass is 247 g/mol. The normalized spacial score (nSPS) is 12.2. The second kappa shape index (κ2) is 6.37. The van der Waals surface area contributed by atoms with Gasteiger partial charge in [0.15, 0.2) is 0 Å². The fraction of sp³-hybridized carbons (Fsp3) is 0.667. The van der Waals surface area contributed by atoms with Crippen LogP contribution in [0.5, 0.6) is 0 Å². The zero-order chi connectivity index (χ0) is 12.9. The van der Waals surface area contributed by atoms with Crippen molar-refractivity contribution in [2.75, 3.05) is 13.1 Å². The molecule has 0 aromatic carbocycles. The molecule has 0 heterocycles. The molecule has 0 aromatic rings. The summed E-state index contributed by atoms with van der Waals surface area (Å²) in [4.78, 5) is 34.3. The second-order valence-corrected chi connectivity index (χ2v) is 4.37. The van der Waals surface area contributed by atoms with E-state index in [0.717, 1.165) is 4.90 Å². The van der Waals surface area contributed by atoms with Gasteiger partial charge in [-0.25, -0.2) is 0 Å². The molecule has 0 fully saturated rings. The molecule has 0 saturated carbocycles. The molecule has 4 N–H and O–H groups in total. The van der Waals surface area contributed by atoms with Gasteiger partial charge in [-0.2, -0.15) is 12.6 Å². The van der Waals surface area contributed by atoms with Crippen LogP contribution in [0.2, 0.25) is 0 Å². The summed E-state index contributed by atoms with van der Waals surface area (Å²) in [7, 11) is 0. The van der Waals surface area contributed by atoms with Gasteiger partial charge in [0.25, 0.3) is 0 Å². The lowest BCUT2D eigenvalue weighted by Crippen LogP contribution is -2.47. The van der Waals surface area contributed by atoms with Crippen LogP contribution in [0.15, 0.2) is 0 Å². The average Bonchev–Trinajstić information content (AvgIpc) is 2.12. The van der Waals surface area contributed by atoms with E-state index in [-0.39, 0.29) is 19.0 Å². The van der Waals surface area contributed by atoms with Crippen LogP contribution in [-0.4, -0.2) is 41.0 Å². The number of thiol groups is 1. The fourth-order valence-corrected chi connectivity index (χ4v) is 1.22. The highest BCUT2D eigenvalue weighted by atomic mass is 32.1. The third kappa shape index (κ3) is 5.01. The molecule has 0 spiro atoms. The quantitative estimate of drug-likeness (QED) is 0.510. The molecule has 92 valence electrons.